The fourth-order valence-electron chi connectivity index (χ4n) is 1.00. The molecule has 14 heavy (non-hydrogen) atoms. The first kappa shape index (κ1) is 13.8. The van der Waals surface area contributed by atoms with Crippen LogP contribution in [0.2, 0.25) is 0 Å². The molecule has 0 aromatic rings. The molecule has 86 valence electrons. The molecule has 0 saturated carbocycles. The summed E-state index contributed by atoms with van der Waals surface area (Å²) in [6.45, 7) is 6.37. The lowest BCUT2D eigenvalue weighted by Gasteiger charge is -2.31. The summed E-state index contributed by atoms with van der Waals surface area (Å²) in [4.78, 5) is 0. The Morgan fingerprint density at radius 3 is 2.07 bits per heavy atom. The van der Waals surface area contributed by atoms with Crippen LogP contribution in [0.3, 0.4) is 0 Å². The first-order chi connectivity index (χ1) is 6.45. The lowest BCUT2D eigenvalue weighted by atomic mass is 9.89. The Hall–Kier alpha value is -0.160. The number of methoxy groups -OCH3 is 2. The molecule has 0 heterocycles. The lowest BCUT2D eigenvalue weighted by molar-refractivity contribution is -0.206. The average molecular weight is 206 g/mol. The number of rotatable bonds is 6. The Balaban J connectivity index is 4.14. The van der Waals surface area contributed by atoms with Crippen molar-refractivity contribution in [2.24, 2.45) is 5.41 Å². The van der Waals surface area contributed by atoms with Crippen molar-refractivity contribution in [3.63, 3.8) is 0 Å². The molecule has 4 nitrogen and oxygen atoms in total. The summed E-state index contributed by atoms with van der Waals surface area (Å²) in [5.74, 6) is 0. The van der Waals surface area contributed by atoms with Gasteiger partial charge in [-0.1, -0.05) is 20.8 Å². The largest absolute Gasteiger partial charge is 0.394 e. The number of ether oxygens (including phenoxy) is 3. The Morgan fingerprint density at radius 1 is 1.21 bits per heavy atom. The van der Waals surface area contributed by atoms with Crippen LogP contribution in [-0.2, 0) is 14.2 Å². The van der Waals surface area contributed by atoms with E-state index in [1.807, 2.05) is 20.8 Å². The highest BCUT2D eigenvalue weighted by Gasteiger charge is 2.27. The SMILES string of the molecule is COCC(OC)OC(CO)C(C)(C)C. The van der Waals surface area contributed by atoms with E-state index >= 15 is 0 Å². The molecule has 0 aliphatic heterocycles. The molecule has 0 aliphatic carbocycles. The second-order valence-corrected chi connectivity index (χ2v) is 4.29. The zero-order chi connectivity index (χ0) is 11.2. The number of hydrogen-bond acceptors (Lipinski definition) is 4. The summed E-state index contributed by atoms with van der Waals surface area (Å²) < 4.78 is 15.5. The minimum Gasteiger partial charge on any atom is -0.394 e. The van der Waals surface area contributed by atoms with E-state index in [1.54, 1.807) is 14.2 Å². The minimum absolute atomic E-state index is 0.0208. The smallest absolute Gasteiger partial charge is 0.180 e. The normalized spacial score (nSPS) is 16.7. The van der Waals surface area contributed by atoms with Gasteiger partial charge in [-0.25, -0.2) is 0 Å². The second kappa shape index (κ2) is 6.35. The maximum Gasteiger partial charge on any atom is 0.180 e. The molecule has 0 aromatic carbocycles. The summed E-state index contributed by atoms with van der Waals surface area (Å²) in [5.41, 5.74) is -0.112. The molecule has 0 rings (SSSR count). The summed E-state index contributed by atoms with van der Waals surface area (Å²) in [5, 5.41) is 9.15. The molecule has 0 bridgehead atoms. The highest BCUT2D eigenvalue weighted by molar-refractivity contribution is 4.74. The summed E-state index contributed by atoms with van der Waals surface area (Å²) in [7, 11) is 3.14. The number of aliphatic hydroxyl groups excluding tert-OH is 1. The Labute approximate surface area is 86.2 Å². The fourth-order valence-corrected chi connectivity index (χ4v) is 1.00. The molecular weight excluding hydrogens is 184 g/mol. The van der Waals surface area contributed by atoms with Gasteiger partial charge in [-0.3, -0.25) is 0 Å². The third-order valence-electron chi connectivity index (χ3n) is 2.01. The highest BCUT2D eigenvalue weighted by Crippen LogP contribution is 2.23. The molecule has 0 radical (unpaired) electrons. The van der Waals surface area contributed by atoms with Crippen molar-refractivity contribution >= 4 is 0 Å². The molecule has 0 aromatic heterocycles. The van der Waals surface area contributed by atoms with E-state index in [-0.39, 0.29) is 18.1 Å². The van der Waals surface area contributed by atoms with E-state index in [0.29, 0.717) is 6.61 Å². The summed E-state index contributed by atoms with van der Waals surface area (Å²) in [6, 6.07) is 0. The topological polar surface area (TPSA) is 47.9 Å². The van der Waals surface area contributed by atoms with Crippen molar-refractivity contribution < 1.29 is 19.3 Å². The predicted octanol–water partition coefficient (Wildman–Crippen LogP) is 1.03. The zero-order valence-corrected chi connectivity index (χ0v) is 9.74. The summed E-state index contributed by atoms with van der Waals surface area (Å²) >= 11 is 0. The van der Waals surface area contributed by atoms with E-state index in [4.69, 9.17) is 19.3 Å². The molecule has 0 spiro atoms. The molecule has 4 heteroatoms. The van der Waals surface area contributed by atoms with Crippen LogP contribution in [0.4, 0.5) is 0 Å². The van der Waals surface area contributed by atoms with Crippen molar-refractivity contribution in [2.75, 3.05) is 27.4 Å². The third-order valence-corrected chi connectivity index (χ3v) is 2.01. The van der Waals surface area contributed by atoms with Gasteiger partial charge in [0.25, 0.3) is 0 Å². The van der Waals surface area contributed by atoms with E-state index in [1.165, 1.54) is 0 Å². The monoisotopic (exact) mass is 206 g/mol. The van der Waals surface area contributed by atoms with Crippen LogP contribution in [0.5, 0.6) is 0 Å². The van der Waals surface area contributed by atoms with Crippen LogP contribution in [0, 0.1) is 5.41 Å². The van der Waals surface area contributed by atoms with Crippen molar-refractivity contribution in [3.05, 3.63) is 0 Å². The van der Waals surface area contributed by atoms with Crippen LogP contribution in [0.25, 0.3) is 0 Å². The average Bonchev–Trinajstić information content (AvgIpc) is 2.10. The van der Waals surface area contributed by atoms with Crippen molar-refractivity contribution in [1.82, 2.24) is 0 Å². The van der Waals surface area contributed by atoms with Gasteiger partial charge in [0, 0.05) is 14.2 Å². The molecular formula is C10H22O4. The number of aliphatic hydroxyl groups is 1. The molecule has 2 unspecified atom stereocenters. The van der Waals surface area contributed by atoms with Crippen molar-refractivity contribution in [2.45, 2.75) is 33.2 Å². The maximum atomic E-state index is 9.15. The van der Waals surface area contributed by atoms with Gasteiger partial charge in [-0.05, 0) is 5.41 Å². The lowest BCUT2D eigenvalue weighted by Crippen LogP contribution is -2.38. The van der Waals surface area contributed by atoms with Crippen molar-refractivity contribution in [1.29, 1.82) is 0 Å². The molecule has 0 aliphatic rings. The van der Waals surface area contributed by atoms with Gasteiger partial charge < -0.3 is 19.3 Å². The maximum absolute atomic E-state index is 9.15. The van der Waals surface area contributed by atoms with Gasteiger partial charge in [0.2, 0.25) is 0 Å². The molecule has 0 saturated heterocycles. The fraction of sp³-hybridized carbons (Fsp3) is 1.00. The van der Waals surface area contributed by atoms with E-state index < -0.39 is 6.29 Å². The standard InChI is InChI=1S/C10H22O4/c1-10(2,3)8(6-11)14-9(13-5)7-12-4/h8-9,11H,6-7H2,1-5H3. The van der Waals surface area contributed by atoms with Crippen LogP contribution in [-0.4, -0.2) is 44.9 Å². The highest BCUT2D eigenvalue weighted by atomic mass is 16.7. The summed E-state index contributed by atoms with van der Waals surface area (Å²) in [6.07, 6.45) is -0.668. The van der Waals surface area contributed by atoms with E-state index in [9.17, 15) is 0 Å². The Kier molecular flexibility index (Phi) is 6.27. The second-order valence-electron chi connectivity index (χ2n) is 4.29. The quantitative estimate of drug-likeness (QED) is 0.659. The molecule has 0 amide bonds. The van der Waals surface area contributed by atoms with Gasteiger partial charge in [0.1, 0.15) is 0 Å². The Bertz CT molecular complexity index is 142. The Morgan fingerprint density at radius 2 is 1.79 bits per heavy atom. The van der Waals surface area contributed by atoms with E-state index in [0.717, 1.165) is 0 Å². The van der Waals surface area contributed by atoms with Gasteiger partial charge in [-0.15, -0.1) is 0 Å². The van der Waals surface area contributed by atoms with Crippen LogP contribution in [0.1, 0.15) is 20.8 Å². The molecule has 1 N–H and O–H groups in total. The first-order valence-electron chi connectivity index (χ1n) is 4.73. The molecule has 0 fully saturated rings. The third kappa shape index (κ3) is 4.91. The van der Waals surface area contributed by atoms with Gasteiger partial charge in [0.15, 0.2) is 6.29 Å². The van der Waals surface area contributed by atoms with Crippen LogP contribution < -0.4 is 0 Å². The van der Waals surface area contributed by atoms with Crippen molar-refractivity contribution in [3.8, 4) is 0 Å². The van der Waals surface area contributed by atoms with Crippen LogP contribution in [0.15, 0.2) is 0 Å². The van der Waals surface area contributed by atoms with Crippen LogP contribution >= 0.6 is 0 Å². The van der Waals surface area contributed by atoms with E-state index in [2.05, 4.69) is 0 Å². The zero-order valence-electron chi connectivity index (χ0n) is 9.74. The van der Waals surface area contributed by atoms with Gasteiger partial charge in [-0.2, -0.15) is 0 Å². The minimum atomic E-state index is -0.420. The molecule has 2 atom stereocenters. The van der Waals surface area contributed by atoms with Gasteiger partial charge >= 0.3 is 0 Å². The number of hydrogen-bond donors (Lipinski definition) is 1. The first-order valence-corrected chi connectivity index (χ1v) is 4.73. The van der Waals surface area contributed by atoms with Gasteiger partial charge in [0.05, 0.1) is 19.3 Å². The predicted molar refractivity (Wildman–Crippen MR) is 54.1 cm³/mol.